The molecule has 0 aliphatic carbocycles. The zero-order valence-corrected chi connectivity index (χ0v) is 19.1. The zero-order chi connectivity index (χ0) is 23.5. The first kappa shape index (κ1) is 22.5. The number of benzene rings is 1. The van der Waals surface area contributed by atoms with E-state index in [4.69, 9.17) is 15.6 Å². The zero-order valence-electron chi connectivity index (χ0n) is 19.1. The Kier molecular flexibility index (Phi) is 6.45. The van der Waals surface area contributed by atoms with E-state index in [1.54, 1.807) is 12.4 Å². The van der Waals surface area contributed by atoms with Crippen LogP contribution in [0.4, 0.5) is 10.6 Å². The van der Waals surface area contributed by atoms with Gasteiger partial charge in [-0.25, -0.2) is 14.8 Å². The quantitative estimate of drug-likeness (QED) is 0.520. The molecule has 0 atom stereocenters. The van der Waals surface area contributed by atoms with E-state index in [0.29, 0.717) is 17.5 Å². The number of amides is 1. The second-order valence-corrected chi connectivity index (χ2v) is 8.49. The van der Waals surface area contributed by atoms with Crippen molar-refractivity contribution >= 4 is 11.9 Å². The number of carboxylic acid groups (broad SMARTS) is 1. The lowest BCUT2D eigenvalue weighted by molar-refractivity contribution is 0.194. The Balaban J connectivity index is 1.53. The van der Waals surface area contributed by atoms with Gasteiger partial charge in [-0.3, -0.25) is 4.68 Å². The summed E-state index contributed by atoms with van der Waals surface area (Å²) in [4.78, 5) is 22.0. The number of nitrogens with zero attached hydrogens (tertiary/aromatic N) is 5. The van der Waals surface area contributed by atoms with Crippen molar-refractivity contribution in [3.63, 3.8) is 0 Å². The van der Waals surface area contributed by atoms with E-state index in [0.717, 1.165) is 48.2 Å². The second kappa shape index (κ2) is 9.45. The number of piperidine rings is 1. The smallest absolute Gasteiger partial charge is 0.404 e. The minimum absolute atomic E-state index is 0.196. The molecule has 1 saturated heterocycles. The predicted octanol–water partition coefficient (Wildman–Crippen LogP) is 3.37. The molecule has 1 amide bonds. The van der Waals surface area contributed by atoms with E-state index in [2.05, 4.69) is 32.3 Å². The van der Waals surface area contributed by atoms with Gasteiger partial charge in [0.25, 0.3) is 5.88 Å². The predicted molar refractivity (Wildman–Crippen MR) is 124 cm³/mol. The maximum absolute atomic E-state index is 10.8. The van der Waals surface area contributed by atoms with Crippen LogP contribution in [0.15, 0.2) is 30.7 Å². The molecule has 4 N–H and O–H groups in total. The molecule has 10 heteroatoms. The van der Waals surface area contributed by atoms with Crippen LogP contribution in [0.25, 0.3) is 11.3 Å². The first-order valence-electron chi connectivity index (χ1n) is 10.9. The minimum Gasteiger partial charge on any atom is -0.465 e. The first-order valence-corrected chi connectivity index (χ1v) is 10.9. The van der Waals surface area contributed by atoms with Crippen molar-refractivity contribution in [3.8, 4) is 22.9 Å². The third-order valence-corrected chi connectivity index (χ3v) is 6.03. The van der Waals surface area contributed by atoms with E-state index >= 15 is 0 Å². The first-order chi connectivity index (χ1) is 15.8. The Morgan fingerprint density at radius 1 is 1.24 bits per heavy atom. The number of aromatic nitrogens is 4. The van der Waals surface area contributed by atoms with E-state index in [1.807, 2.05) is 36.9 Å². The molecule has 10 nitrogen and oxygen atoms in total. The third kappa shape index (κ3) is 5.23. The van der Waals surface area contributed by atoms with Crippen LogP contribution < -0.4 is 15.8 Å². The fraction of sp³-hybridized carbons (Fsp3) is 0.391. The van der Waals surface area contributed by atoms with Crippen molar-refractivity contribution in [2.75, 3.05) is 25.9 Å². The molecule has 0 radical (unpaired) electrons. The van der Waals surface area contributed by atoms with Crippen LogP contribution in [0.3, 0.4) is 0 Å². The molecular weight excluding hydrogens is 422 g/mol. The number of aryl methyl sites for hydroxylation is 2. The summed E-state index contributed by atoms with van der Waals surface area (Å²) in [6.45, 7) is 6.22. The molecule has 1 aliphatic rings. The van der Waals surface area contributed by atoms with Gasteiger partial charge >= 0.3 is 6.09 Å². The summed E-state index contributed by atoms with van der Waals surface area (Å²) in [6, 6.07) is 4.26. The summed E-state index contributed by atoms with van der Waals surface area (Å²) in [7, 11) is 2.13. The van der Waals surface area contributed by atoms with Gasteiger partial charge in [-0.05, 0) is 75.6 Å². The molecule has 0 saturated carbocycles. The standard InChI is InChI=1S/C23H29N7O3/c1-14-8-16(9-15(2)19(14)11-26-23(31)32)20-12-25-21(24)22(28-20)33-18-10-27-30(13-18)17-4-6-29(3)7-5-17/h8-10,12-13,17,26H,4-7,11H2,1-3H3,(H2,24,25)(H,31,32). The van der Waals surface area contributed by atoms with Crippen LogP contribution in [0.1, 0.15) is 35.6 Å². The largest absolute Gasteiger partial charge is 0.465 e. The Morgan fingerprint density at radius 3 is 2.61 bits per heavy atom. The highest BCUT2D eigenvalue weighted by atomic mass is 16.5. The van der Waals surface area contributed by atoms with Crippen molar-refractivity contribution in [1.82, 2.24) is 30.0 Å². The van der Waals surface area contributed by atoms with Crippen LogP contribution in [-0.2, 0) is 6.54 Å². The number of nitrogens with one attached hydrogen (secondary N) is 1. The van der Waals surface area contributed by atoms with Crippen LogP contribution in [0.5, 0.6) is 11.6 Å². The van der Waals surface area contributed by atoms with Crippen LogP contribution in [0, 0.1) is 13.8 Å². The number of carbonyl (C=O) groups is 1. The summed E-state index contributed by atoms with van der Waals surface area (Å²) in [6.07, 6.45) is 6.20. The highest BCUT2D eigenvalue weighted by Crippen LogP contribution is 2.30. The fourth-order valence-electron chi connectivity index (χ4n) is 4.12. The van der Waals surface area contributed by atoms with Gasteiger partial charge in [-0.1, -0.05) is 0 Å². The average Bonchev–Trinajstić information content (AvgIpc) is 3.23. The monoisotopic (exact) mass is 451 g/mol. The van der Waals surface area contributed by atoms with E-state index in [-0.39, 0.29) is 18.2 Å². The second-order valence-electron chi connectivity index (χ2n) is 8.49. The molecule has 174 valence electrons. The van der Waals surface area contributed by atoms with E-state index < -0.39 is 6.09 Å². The average molecular weight is 452 g/mol. The van der Waals surface area contributed by atoms with Gasteiger partial charge in [-0.2, -0.15) is 5.10 Å². The highest BCUT2D eigenvalue weighted by molar-refractivity contribution is 5.66. The summed E-state index contributed by atoms with van der Waals surface area (Å²) in [5.41, 5.74) is 10.4. The molecule has 0 bridgehead atoms. The molecule has 4 rings (SSSR count). The minimum atomic E-state index is -1.05. The molecule has 0 unspecified atom stereocenters. The lowest BCUT2D eigenvalue weighted by Crippen LogP contribution is -2.31. The van der Waals surface area contributed by atoms with Gasteiger partial charge in [0.1, 0.15) is 0 Å². The number of rotatable bonds is 6. The van der Waals surface area contributed by atoms with Crippen molar-refractivity contribution < 1.29 is 14.6 Å². The molecule has 0 spiro atoms. The Labute approximate surface area is 192 Å². The summed E-state index contributed by atoms with van der Waals surface area (Å²) in [5.74, 6) is 0.985. The Bertz CT molecular complexity index is 1130. The van der Waals surface area contributed by atoms with Crippen LogP contribution in [0.2, 0.25) is 0 Å². The third-order valence-electron chi connectivity index (χ3n) is 6.03. The number of ether oxygens (including phenoxy) is 1. The van der Waals surface area contributed by atoms with Crippen molar-refractivity contribution in [3.05, 3.63) is 47.4 Å². The highest BCUT2D eigenvalue weighted by Gasteiger charge is 2.20. The van der Waals surface area contributed by atoms with Gasteiger partial charge in [0.2, 0.25) is 0 Å². The van der Waals surface area contributed by atoms with Gasteiger partial charge in [0, 0.05) is 12.1 Å². The lowest BCUT2D eigenvalue weighted by Gasteiger charge is -2.28. The molecule has 2 aromatic heterocycles. The summed E-state index contributed by atoms with van der Waals surface area (Å²) in [5, 5.41) is 15.8. The normalized spacial score (nSPS) is 14.9. The molecule has 3 heterocycles. The molecule has 1 aliphatic heterocycles. The molecule has 3 aromatic rings. The van der Waals surface area contributed by atoms with Crippen molar-refractivity contribution in [2.45, 2.75) is 39.3 Å². The van der Waals surface area contributed by atoms with Gasteiger partial charge in [0.15, 0.2) is 11.6 Å². The van der Waals surface area contributed by atoms with Gasteiger partial charge in [-0.15, -0.1) is 0 Å². The van der Waals surface area contributed by atoms with Crippen molar-refractivity contribution in [1.29, 1.82) is 0 Å². The van der Waals surface area contributed by atoms with E-state index in [1.165, 1.54) is 0 Å². The number of nitrogens with two attached hydrogens (primary N) is 1. The summed E-state index contributed by atoms with van der Waals surface area (Å²) < 4.78 is 7.90. The van der Waals surface area contributed by atoms with E-state index in [9.17, 15) is 4.79 Å². The van der Waals surface area contributed by atoms with Gasteiger partial charge < -0.3 is 25.8 Å². The number of hydrogen-bond acceptors (Lipinski definition) is 7. The maximum Gasteiger partial charge on any atom is 0.404 e. The number of nitrogen functional groups attached to an aromatic ring is 1. The topological polar surface area (TPSA) is 131 Å². The Hall–Kier alpha value is -3.66. The number of likely N-dealkylation sites (tertiary alicyclic amines) is 1. The van der Waals surface area contributed by atoms with Crippen LogP contribution in [-0.4, -0.2) is 56.0 Å². The maximum atomic E-state index is 10.8. The fourth-order valence-corrected chi connectivity index (χ4v) is 4.12. The summed E-state index contributed by atoms with van der Waals surface area (Å²) >= 11 is 0. The van der Waals surface area contributed by atoms with Crippen LogP contribution >= 0.6 is 0 Å². The molecular formula is C23H29N7O3. The SMILES string of the molecule is Cc1cc(-c2cnc(N)c(Oc3cnn(C4CCN(C)CC4)c3)n2)cc(C)c1CNC(=O)O. The number of hydrogen-bond donors (Lipinski definition) is 3. The lowest BCUT2D eigenvalue weighted by atomic mass is 9.98. The molecule has 1 fully saturated rings. The van der Waals surface area contributed by atoms with Gasteiger partial charge in [0.05, 0.1) is 30.3 Å². The number of anilines is 1. The Morgan fingerprint density at radius 2 is 1.94 bits per heavy atom. The molecule has 1 aromatic carbocycles. The van der Waals surface area contributed by atoms with Crippen molar-refractivity contribution in [2.24, 2.45) is 0 Å². The molecule has 33 heavy (non-hydrogen) atoms.